The van der Waals surface area contributed by atoms with E-state index in [-0.39, 0.29) is 11.5 Å². The maximum absolute atomic E-state index is 10.3. The largest absolute Gasteiger partial charge is 0.505 e. The van der Waals surface area contributed by atoms with Crippen LogP contribution in [0.4, 0.5) is 0 Å². The van der Waals surface area contributed by atoms with Crippen LogP contribution in [0.5, 0.6) is 5.88 Å². The van der Waals surface area contributed by atoms with Crippen molar-refractivity contribution in [2.45, 2.75) is 26.7 Å². The zero-order chi connectivity index (χ0) is 16.4. The summed E-state index contributed by atoms with van der Waals surface area (Å²) in [5.41, 5.74) is 7.60. The Balaban J connectivity index is 2.94. The average molecular weight is 300 g/mol. The molecule has 0 aliphatic carbocycles. The van der Waals surface area contributed by atoms with Crippen molar-refractivity contribution in [2.24, 2.45) is 5.73 Å². The molecule has 1 aromatic rings. The quantitative estimate of drug-likeness (QED) is 0.586. The maximum atomic E-state index is 10.3. The Bertz CT molecular complexity index is 582. The van der Waals surface area contributed by atoms with Gasteiger partial charge in [0.2, 0.25) is 5.88 Å². The van der Waals surface area contributed by atoms with Crippen LogP contribution in [-0.4, -0.2) is 17.2 Å². The molecule has 0 aliphatic heterocycles. The second kappa shape index (κ2) is 9.45. The molecule has 0 saturated heterocycles. The van der Waals surface area contributed by atoms with E-state index in [4.69, 9.17) is 10.5 Å². The summed E-state index contributed by atoms with van der Waals surface area (Å²) in [7, 11) is 1.55. The topological polar surface area (TPSA) is 68.4 Å². The number of nitrogens with two attached hydrogens (primary N) is 1. The number of pyridine rings is 1. The number of aromatic nitrogens is 1. The van der Waals surface area contributed by atoms with Crippen LogP contribution in [0.25, 0.3) is 5.70 Å². The van der Waals surface area contributed by atoms with Gasteiger partial charge in [0.25, 0.3) is 0 Å². The number of aliphatic hydroxyl groups is 1. The second-order valence-electron chi connectivity index (χ2n) is 4.67. The van der Waals surface area contributed by atoms with Crippen molar-refractivity contribution < 1.29 is 9.84 Å². The van der Waals surface area contributed by atoms with Crippen LogP contribution >= 0.6 is 0 Å². The normalized spacial score (nSPS) is 13.7. The predicted molar refractivity (Wildman–Crippen MR) is 91.5 cm³/mol. The maximum Gasteiger partial charge on any atom is 0.212 e. The molecule has 0 amide bonds. The minimum absolute atomic E-state index is 0.0367. The van der Waals surface area contributed by atoms with Gasteiger partial charge in [-0.15, -0.1) is 0 Å². The Hall–Kier alpha value is -2.49. The third-order valence-corrected chi connectivity index (χ3v) is 3.07. The number of ether oxygens (including phenoxy) is 1. The zero-order valence-corrected chi connectivity index (χ0v) is 13.4. The third-order valence-electron chi connectivity index (χ3n) is 3.07. The highest BCUT2D eigenvalue weighted by atomic mass is 16.5. The van der Waals surface area contributed by atoms with E-state index in [9.17, 15) is 5.11 Å². The lowest BCUT2D eigenvalue weighted by atomic mass is 10.1. The predicted octanol–water partition coefficient (Wildman–Crippen LogP) is 4.13. The number of aliphatic hydroxyl groups excluding tert-OH is 1. The van der Waals surface area contributed by atoms with Crippen LogP contribution in [0, 0.1) is 0 Å². The third kappa shape index (κ3) is 5.13. The molecule has 1 aromatic heterocycles. The lowest BCUT2D eigenvalue weighted by molar-refractivity contribution is 0.397. The van der Waals surface area contributed by atoms with Crippen LogP contribution in [0.3, 0.4) is 0 Å². The van der Waals surface area contributed by atoms with Crippen molar-refractivity contribution in [3.63, 3.8) is 0 Å². The molecule has 0 fully saturated rings. The first-order valence-electron chi connectivity index (χ1n) is 7.33. The van der Waals surface area contributed by atoms with E-state index in [1.165, 1.54) is 0 Å². The summed E-state index contributed by atoms with van der Waals surface area (Å²) in [6.07, 6.45) is 13.3. The minimum atomic E-state index is 0.0367. The van der Waals surface area contributed by atoms with Crippen LogP contribution in [0.15, 0.2) is 60.0 Å². The number of rotatable bonds is 7. The monoisotopic (exact) mass is 300 g/mol. The Kier molecular flexibility index (Phi) is 7.54. The molecule has 4 heteroatoms. The summed E-state index contributed by atoms with van der Waals surface area (Å²) >= 11 is 0. The number of nitrogens with zero attached hydrogens (tertiary/aromatic N) is 1. The van der Waals surface area contributed by atoms with E-state index >= 15 is 0 Å². The first-order valence-corrected chi connectivity index (χ1v) is 7.33. The minimum Gasteiger partial charge on any atom is -0.505 e. The molecule has 0 bridgehead atoms. The summed E-state index contributed by atoms with van der Waals surface area (Å²) < 4.78 is 5.00. The number of hydrogen-bond acceptors (Lipinski definition) is 4. The molecule has 1 heterocycles. The SMILES string of the molecule is C/C=C(\C=C/C=C/CCC)C(/O)=C(/N)c1ccc(OC)nc1. The molecule has 0 unspecified atom stereocenters. The van der Waals surface area contributed by atoms with Gasteiger partial charge in [-0.25, -0.2) is 4.98 Å². The first kappa shape index (κ1) is 17.6. The number of allylic oxidation sites excluding steroid dienone is 5. The summed E-state index contributed by atoms with van der Waals surface area (Å²) in [6.45, 7) is 3.98. The molecule has 118 valence electrons. The Labute approximate surface area is 132 Å². The molecule has 0 saturated carbocycles. The summed E-state index contributed by atoms with van der Waals surface area (Å²) in [6, 6.07) is 3.46. The van der Waals surface area contributed by atoms with E-state index in [0.29, 0.717) is 17.0 Å². The van der Waals surface area contributed by atoms with Gasteiger partial charge in [-0.05, 0) is 19.4 Å². The van der Waals surface area contributed by atoms with E-state index in [2.05, 4.69) is 18.0 Å². The molecule has 0 atom stereocenters. The van der Waals surface area contributed by atoms with Gasteiger partial charge in [-0.3, -0.25) is 0 Å². The van der Waals surface area contributed by atoms with E-state index in [1.807, 2.05) is 31.2 Å². The van der Waals surface area contributed by atoms with Crippen LogP contribution < -0.4 is 10.5 Å². The molecule has 1 rings (SSSR count). The van der Waals surface area contributed by atoms with Crippen molar-refractivity contribution in [1.29, 1.82) is 0 Å². The van der Waals surface area contributed by atoms with Gasteiger partial charge in [0.1, 0.15) is 5.76 Å². The second-order valence-corrected chi connectivity index (χ2v) is 4.67. The fraction of sp³-hybridized carbons (Fsp3) is 0.278. The molecule has 0 aromatic carbocycles. The van der Waals surface area contributed by atoms with Crippen molar-refractivity contribution >= 4 is 5.70 Å². The Morgan fingerprint density at radius 3 is 2.68 bits per heavy atom. The lowest BCUT2D eigenvalue weighted by Gasteiger charge is -2.07. The fourth-order valence-electron chi connectivity index (χ4n) is 1.77. The highest BCUT2D eigenvalue weighted by Gasteiger charge is 2.08. The van der Waals surface area contributed by atoms with Crippen molar-refractivity contribution in [3.8, 4) is 5.88 Å². The molecule has 0 aliphatic rings. The molecule has 0 radical (unpaired) electrons. The fourth-order valence-corrected chi connectivity index (χ4v) is 1.77. The van der Waals surface area contributed by atoms with Gasteiger partial charge in [-0.2, -0.15) is 0 Å². The van der Waals surface area contributed by atoms with Crippen LogP contribution in [0.2, 0.25) is 0 Å². The van der Waals surface area contributed by atoms with E-state index < -0.39 is 0 Å². The van der Waals surface area contributed by atoms with Gasteiger partial charge in [0.05, 0.1) is 12.8 Å². The number of unbranched alkanes of at least 4 members (excludes halogenated alkanes) is 1. The summed E-state index contributed by atoms with van der Waals surface area (Å²) in [4.78, 5) is 4.09. The Morgan fingerprint density at radius 1 is 1.36 bits per heavy atom. The smallest absolute Gasteiger partial charge is 0.212 e. The van der Waals surface area contributed by atoms with Crippen LogP contribution in [-0.2, 0) is 0 Å². The average Bonchev–Trinajstić information content (AvgIpc) is 2.57. The van der Waals surface area contributed by atoms with Gasteiger partial charge < -0.3 is 15.6 Å². The van der Waals surface area contributed by atoms with Gasteiger partial charge in [0, 0.05) is 23.4 Å². The van der Waals surface area contributed by atoms with Gasteiger partial charge in [0.15, 0.2) is 0 Å². The molecular formula is C18H24N2O2. The first-order chi connectivity index (χ1) is 10.6. The molecule has 0 spiro atoms. The van der Waals surface area contributed by atoms with Gasteiger partial charge >= 0.3 is 0 Å². The molecule has 4 nitrogen and oxygen atoms in total. The van der Waals surface area contributed by atoms with E-state index in [1.54, 1.807) is 25.4 Å². The van der Waals surface area contributed by atoms with E-state index in [0.717, 1.165) is 12.8 Å². The molecule has 3 N–H and O–H groups in total. The summed E-state index contributed by atoms with van der Waals surface area (Å²) in [5, 5.41) is 10.3. The van der Waals surface area contributed by atoms with Gasteiger partial charge in [-0.1, -0.05) is 43.7 Å². The zero-order valence-electron chi connectivity index (χ0n) is 13.4. The number of methoxy groups -OCH3 is 1. The lowest BCUT2D eigenvalue weighted by Crippen LogP contribution is -2.03. The van der Waals surface area contributed by atoms with Crippen molar-refractivity contribution in [3.05, 3.63) is 65.6 Å². The Morgan fingerprint density at radius 2 is 2.14 bits per heavy atom. The van der Waals surface area contributed by atoms with Crippen LogP contribution in [0.1, 0.15) is 32.3 Å². The molecular weight excluding hydrogens is 276 g/mol. The summed E-state index contributed by atoms with van der Waals surface area (Å²) in [5.74, 6) is 0.540. The molecule has 22 heavy (non-hydrogen) atoms. The standard InChI is InChI=1S/C18H24N2O2/c1-4-6-7-8-9-10-14(5-2)18(21)17(19)15-11-12-16(22-3)20-13-15/h5,7-13,21H,4,6,19H2,1-3H3/b8-7+,10-9-,14-5+,18-17-. The number of hydrogen-bond donors (Lipinski definition) is 2. The highest BCUT2D eigenvalue weighted by molar-refractivity contribution is 5.68. The van der Waals surface area contributed by atoms with Crippen molar-refractivity contribution in [2.75, 3.05) is 7.11 Å². The highest BCUT2D eigenvalue weighted by Crippen LogP contribution is 2.19. The van der Waals surface area contributed by atoms with Crippen molar-refractivity contribution in [1.82, 2.24) is 4.98 Å².